The molecule has 1 aromatic rings. The lowest BCUT2D eigenvalue weighted by atomic mass is 10.2. The van der Waals surface area contributed by atoms with E-state index in [0.717, 1.165) is 18.5 Å². The van der Waals surface area contributed by atoms with E-state index in [1.807, 2.05) is 0 Å². The molecule has 0 saturated carbocycles. The zero-order valence-electron chi connectivity index (χ0n) is 12.1. The molecule has 1 aromatic carbocycles. The SMILES string of the molecule is CCCNC(=NC)NCc1ccc(OCC(F)(F)F)cc1. The Labute approximate surface area is 122 Å². The van der Waals surface area contributed by atoms with Crippen molar-refractivity contribution in [3.63, 3.8) is 0 Å². The third-order valence-corrected chi connectivity index (χ3v) is 2.55. The standard InChI is InChI=1S/C14H20F3N3O/c1-3-8-19-13(18-2)20-9-11-4-6-12(7-5-11)21-10-14(15,16)17/h4-7H,3,8-10H2,1-2H3,(H2,18,19,20). The summed E-state index contributed by atoms with van der Waals surface area (Å²) in [7, 11) is 1.68. The van der Waals surface area contributed by atoms with E-state index in [2.05, 4.69) is 27.3 Å². The number of rotatable bonds is 6. The van der Waals surface area contributed by atoms with Crippen molar-refractivity contribution < 1.29 is 17.9 Å². The summed E-state index contributed by atoms with van der Waals surface area (Å²) < 4.78 is 40.7. The summed E-state index contributed by atoms with van der Waals surface area (Å²) in [6.45, 7) is 2.13. The molecule has 0 radical (unpaired) electrons. The Morgan fingerprint density at radius 1 is 1.19 bits per heavy atom. The molecule has 0 saturated heterocycles. The monoisotopic (exact) mass is 303 g/mol. The zero-order chi connectivity index (χ0) is 15.7. The van der Waals surface area contributed by atoms with Crippen LogP contribution >= 0.6 is 0 Å². The summed E-state index contributed by atoms with van der Waals surface area (Å²) in [4.78, 5) is 4.06. The van der Waals surface area contributed by atoms with Gasteiger partial charge in [0.05, 0.1) is 0 Å². The molecule has 4 nitrogen and oxygen atoms in total. The minimum absolute atomic E-state index is 0.199. The summed E-state index contributed by atoms with van der Waals surface area (Å²) in [5, 5.41) is 6.24. The van der Waals surface area contributed by atoms with E-state index in [1.54, 1.807) is 19.2 Å². The number of nitrogens with zero attached hydrogens (tertiary/aromatic N) is 1. The molecule has 21 heavy (non-hydrogen) atoms. The molecule has 2 N–H and O–H groups in total. The highest BCUT2D eigenvalue weighted by atomic mass is 19.4. The van der Waals surface area contributed by atoms with E-state index in [4.69, 9.17) is 0 Å². The number of hydrogen-bond donors (Lipinski definition) is 2. The van der Waals surface area contributed by atoms with Crippen molar-refractivity contribution in [3.05, 3.63) is 29.8 Å². The highest BCUT2D eigenvalue weighted by molar-refractivity contribution is 5.79. The van der Waals surface area contributed by atoms with Gasteiger partial charge in [-0.2, -0.15) is 13.2 Å². The van der Waals surface area contributed by atoms with Gasteiger partial charge in [-0.05, 0) is 24.1 Å². The quantitative estimate of drug-likeness (QED) is 0.627. The molecule has 118 valence electrons. The molecule has 0 atom stereocenters. The first-order chi connectivity index (χ1) is 9.94. The van der Waals surface area contributed by atoms with Crippen molar-refractivity contribution in [2.24, 2.45) is 4.99 Å². The topological polar surface area (TPSA) is 45.7 Å². The number of alkyl halides is 3. The van der Waals surface area contributed by atoms with E-state index in [1.165, 1.54) is 12.1 Å². The largest absolute Gasteiger partial charge is 0.484 e. The van der Waals surface area contributed by atoms with E-state index in [-0.39, 0.29) is 5.75 Å². The molecule has 0 aliphatic rings. The van der Waals surface area contributed by atoms with E-state index >= 15 is 0 Å². The maximum absolute atomic E-state index is 12.0. The molecule has 1 rings (SSSR count). The van der Waals surface area contributed by atoms with Gasteiger partial charge in [-0.1, -0.05) is 19.1 Å². The zero-order valence-corrected chi connectivity index (χ0v) is 12.1. The van der Waals surface area contributed by atoms with Crippen LogP contribution in [-0.4, -0.2) is 32.3 Å². The van der Waals surface area contributed by atoms with Gasteiger partial charge < -0.3 is 15.4 Å². The summed E-state index contributed by atoms with van der Waals surface area (Å²) in [6, 6.07) is 6.47. The summed E-state index contributed by atoms with van der Waals surface area (Å²) in [5.41, 5.74) is 0.925. The Bertz CT molecular complexity index is 444. The Hall–Kier alpha value is -1.92. The lowest BCUT2D eigenvalue weighted by Crippen LogP contribution is -2.37. The molecule has 0 heterocycles. The van der Waals surface area contributed by atoms with Crippen molar-refractivity contribution in [2.45, 2.75) is 26.1 Å². The number of benzene rings is 1. The lowest BCUT2D eigenvalue weighted by molar-refractivity contribution is -0.153. The van der Waals surface area contributed by atoms with Crippen LogP contribution in [0.1, 0.15) is 18.9 Å². The highest BCUT2D eigenvalue weighted by Crippen LogP contribution is 2.18. The van der Waals surface area contributed by atoms with Crippen molar-refractivity contribution >= 4 is 5.96 Å². The first-order valence-electron chi connectivity index (χ1n) is 6.67. The van der Waals surface area contributed by atoms with Gasteiger partial charge in [0.1, 0.15) is 5.75 Å². The number of aliphatic imine (C=N–C) groups is 1. The van der Waals surface area contributed by atoms with Gasteiger partial charge in [0.2, 0.25) is 0 Å². The Balaban J connectivity index is 2.43. The first-order valence-corrected chi connectivity index (χ1v) is 6.67. The fraction of sp³-hybridized carbons (Fsp3) is 0.500. The van der Waals surface area contributed by atoms with Gasteiger partial charge in [-0.15, -0.1) is 0 Å². The van der Waals surface area contributed by atoms with Crippen LogP contribution in [0.2, 0.25) is 0 Å². The number of guanidine groups is 1. The first kappa shape index (κ1) is 17.1. The second kappa shape index (κ2) is 8.39. The molecule has 0 fully saturated rings. The Morgan fingerprint density at radius 3 is 2.38 bits per heavy atom. The molecular formula is C14H20F3N3O. The fourth-order valence-corrected chi connectivity index (χ4v) is 1.52. The molecular weight excluding hydrogens is 283 g/mol. The minimum Gasteiger partial charge on any atom is -0.484 e. The highest BCUT2D eigenvalue weighted by Gasteiger charge is 2.28. The minimum atomic E-state index is -4.32. The van der Waals surface area contributed by atoms with Gasteiger partial charge in [0, 0.05) is 20.1 Å². The van der Waals surface area contributed by atoms with Gasteiger partial charge in [0.15, 0.2) is 12.6 Å². The van der Waals surface area contributed by atoms with E-state index in [0.29, 0.717) is 12.5 Å². The molecule has 0 aromatic heterocycles. The number of hydrogen-bond acceptors (Lipinski definition) is 2. The van der Waals surface area contributed by atoms with Gasteiger partial charge in [-0.25, -0.2) is 0 Å². The van der Waals surface area contributed by atoms with Crippen molar-refractivity contribution in [1.29, 1.82) is 0 Å². The molecule has 0 amide bonds. The predicted octanol–water partition coefficient (Wildman–Crippen LogP) is 2.70. The molecule has 7 heteroatoms. The fourth-order valence-electron chi connectivity index (χ4n) is 1.52. The summed E-state index contributed by atoms with van der Waals surface area (Å²) >= 11 is 0. The van der Waals surface area contributed by atoms with Crippen LogP contribution in [0.4, 0.5) is 13.2 Å². The molecule has 0 spiro atoms. The summed E-state index contributed by atoms with van der Waals surface area (Å²) in [6.07, 6.45) is -3.33. The van der Waals surface area contributed by atoms with Crippen molar-refractivity contribution in [1.82, 2.24) is 10.6 Å². The predicted molar refractivity (Wildman–Crippen MR) is 76.5 cm³/mol. The van der Waals surface area contributed by atoms with Crippen LogP contribution in [0, 0.1) is 0 Å². The normalized spacial score (nSPS) is 12.1. The third kappa shape index (κ3) is 7.43. The Morgan fingerprint density at radius 2 is 1.86 bits per heavy atom. The lowest BCUT2D eigenvalue weighted by Gasteiger charge is -2.12. The van der Waals surface area contributed by atoms with Crippen LogP contribution < -0.4 is 15.4 Å². The second-order valence-corrected chi connectivity index (χ2v) is 4.40. The van der Waals surface area contributed by atoms with Crippen LogP contribution in [-0.2, 0) is 6.54 Å². The second-order valence-electron chi connectivity index (χ2n) is 4.40. The van der Waals surface area contributed by atoms with E-state index < -0.39 is 12.8 Å². The average molecular weight is 303 g/mol. The van der Waals surface area contributed by atoms with Crippen molar-refractivity contribution in [3.8, 4) is 5.75 Å². The molecule has 0 aliphatic heterocycles. The maximum Gasteiger partial charge on any atom is 0.422 e. The Kier molecular flexibility index (Phi) is 6.84. The van der Waals surface area contributed by atoms with Crippen LogP contribution in [0.15, 0.2) is 29.3 Å². The third-order valence-electron chi connectivity index (χ3n) is 2.55. The van der Waals surface area contributed by atoms with Gasteiger partial charge in [0.25, 0.3) is 0 Å². The van der Waals surface area contributed by atoms with Crippen LogP contribution in [0.25, 0.3) is 0 Å². The summed E-state index contributed by atoms with van der Waals surface area (Å²) in [5.74, 6) is 0.888. The molecule has 0 bridgehead atoms. The van der Waals surface area contributed by atoms with Gasteiger partial charge >= 0.3 is 6.18 Å². The maximum atomic E-state index is 12.0. The van der Waals surface area contributed by atoms with Crippen LogP contribution in [0.5, 0.6) is 5.75 Å². The molecule has 0 aliphatic carbocycles. The van der Waals surface area contributed by atoms with E-state index in [9.17, 15) is 13.2 Å². The van der Waals surface area contributed by atoms with Gasteiger partial charge in [-0.3, -0.25) is 4.99 Å². The van der Waals surface area contributed by atoms with Crippen molar-refractivity contribution in [2.75, 3.05) is 20.2 Å². The number of nitrogens with one attached hydrogen (secondary N) is 2. The smallest absolute Gasteiger partial charge is 0.422 e. The van der Waals surface area contributed by atoms with Crippen LogP contribution in [0.3, 0.4) is 0 Å². The average Bonchev–Trinajstić information content (AvgIpc) is 2.46. The number of halogens is 3. The molecule has 0 unspecified atom stereocenters. The number of ether oxygens (including phenoxy) is 1.